The highest BCUT2D eigenvalue weighted by atomic mass is 16.5. The van der Waals surface area contributed by atoms with Crippen LogP contribution >= 0.6 is 0 Å². The maximum Gasteiger partial charge on any atom is 0.234 e. The summed E-state index contributed by atoms with van der Waals surface area (Å²) in [6.07, 6.45) is 0.388. The predicted octanol–water partition coefficient (Wildman–Crippen LogP) is -0.0549. The highest BCUT2D eigenvalue weighted by Gasteiger charge is 2.20. The summed E-state index contributed by atoms with van der Waals surface area (Å²) in [7, 11) is 0. The Balaban J connectivity index is 2.70. The van der Waals surface area contributed by atoms with E-state index in [2.05, 4.69) is 5.32 Å². The summed E-state index contributed by atoms with van der Waals surface area (Å²) in [5.41, 5.74) is 11.4. The van der Waals surface area contributed by atoms with Gasteiger partial charge in [0, 0.05) is 0 Å². The molecule has 0 bridgehead atoms. The Morgan fingerprint density at radius 1 is 1.20 bits per heavy atom. The molecule has 6 nitrogen and oxygen atoms in total. The fourth-order valence-electron chi connectivity index (χ4n) is 1.75. The van der Waals surface area contributed by atoms with Gasteiger partial charge >= 0.3 is 0 Å². The zero-order chi connectivity index (χ0) is 15.1. The maximum atomic E-state index is 11.4. The molecule has 2 atom stereocenters. The van der Waals surface area contributed by atoms with Crippen molar-refractivity contribution < 1.29 is 14.3 Å². The van der Waals surface area contributed by atoms with Gasteiger partial charge in [-0.25, -0.2) is 0 Å². The summed E-state index contributed by atoms with van der Waals surface area (Å²) in [6, 6.07) is 6.11. The molecule has 1 rings (SSSR count). The minimum absolute atomic E-state index is 0.388. The summed E-state index contributed by atoms with van der Waals surface area (Å²) in [5, 5.41) is 2.82. The number of primary amides is 2. The van der Waals surface area contributed by atoms with Gasteiger partial charge in [0.2, 0.25) is 11.8 Å². The van der Waals surface area contributed by atoms with Crippen LogP contribution in [0.2, 0.25) is 0 Å². The molecular formula is C14H21N3O3. The molecule has 0 spiro atoms. The van der Waals surface area contributed by atoms with Crippen molar-refractivity contribution in [2.45, 2.75) is 32.4 Å². The second-order valence-corrected chi connectivity index (χ2v) is 4.53. The van der Waals surface area contributed by atoms with Gasteiger partial charge in [0.15, 0.2) is 0 Å². The van der Waals surface area contributed by atoms with E-state index in [1.54, 1.807) is 6.92 Å². The number of nitrogens with two attached hydrogens (primary N) is 2. The van der Waals surface area contributed by atoms with Crippen LogP contribution in [0.15, 0.2) is 24.3 Å². The predicted molar refractivity (Wildman–Crippen MR) is 76.1 cm³/mol. The zero-order valence-corrected chi connectivity index (χ0v) is 11.8. The summed E-state index contributed by atoms with van der Waals surface area (Å²) in [4.78, 5) is 22.4. The van der Waals surface area contributed by atoms with Crippen molar-refractivity contribution in [1.82, 2.24) is 5.32 Å². The molecular weight excluding hydrogens is 258 g/mol. The quantitative estimate of drug-likeness (QED) is 0.619. The first-order valence-electron chi connectivity index (χ1n) is 6.50. The Bertz CT molecular complexity index is 459. The molecule has 0 aliphatic rings. The molecule has 0 heterocycles. The number of hydrogen-bond donors (Lipinski definition) is 3. The van der Waals surface area contributed by atoms with Crippen molar-refractivity contribution in [3.05, 3.63) is 29.8 Å². The molecule has 0 saturated heterocycles. The van der Waals surface area contributed by atoms with Crippen LogP contribution in [0.4, 0.5) is 0 Å². The average Bonchev–Trinajstić information content (AvgIpc) is 2.40. The highest BCUT2D eigenvalue weighted by molar-refractivity contribution is 5.83. The van der Waals surface area contributed by atoms with Gasteiger partial charge in [0.05, 0.1) is 18.7 Å². The molecule has 0 saturated carbocycles. The van der Waals surface area contributed by atoms with E-state index in [9.17, 15) is 9.59 Å². The lowest BCUT2D eigenvalue weighted by atomic mass is 10.0. The van der Waals surface area contributed by atoms with Crippen molar-refractivity contribution in [3.63, 3.8) is 0 Å². The highest BCUT2D eigenvalue weighted by Crippen LogP contribution is 2.13. The van der Waals surface area contributed by atoms with Crippen LogP contribution in [0.5, 0.6) is 5.75 Å². The summed E-state index contributed by atoms with van der Waals surface area (Å²) in [6.45, 7) is 4.10. The summed E-state index contributed by atoms with van der Waals surface area (Å²) < 4.78 is 5.34. The number of carbonyl (C=O) groups excluding carboxylic acids is 2. The molecule has 2 amide bonds. The Hall–Kier alpha value is -2.08. The summed E-state index contributed by atoms with van der Waals surface area (Å²) >= 11 is 0. The second kappa shape index (κ2) is 7.49. The molecule has 20 heavy (non-hydrogen) atoms. The monoisotopic (exact) mass is 279 g/mol. The third kappa shape index (κ3) is 4.89. The van der Waals surface area contributed by atoms with Gasteiger partial charge in [0.1, 0.15) is 5.75 Å². The SMILES string of the molecule is CCOc1ccc(CC(N[C@H](C)C(N)=O)C(N)=O)cc1. The topological polar surface area (TPSA) is 107 Å². The lowest BCUT2D eigenvalue weighted by Gasteiger charge is -2.19. The standard InChI is InChI=1S/C14H21N3O3/c1-3-20-11-6-4-10(5-7-11)8-12(14(16)19)17-9(2)13(15)18/h4-7,9,12,17H,3,8H2,1-2H3,(H2,15,18)(H2,16,19)/t9-,12?/m1/s1. The average molecular weight is 279 g/mol. The van der Waals surface area contributed by atoms with Crippen LogP contribution in [0.1, 0.15) is 19.4 Å². The van der Waals surface area contributed by atoms with Gasteiger partial charge in [-0.05, 0) is 38.0 Å². The molecule has 0 aliphatic carbocycles. The van der Waals surface area contributed by atoms with E-state index in [0.29, 0.717) is 13.0 Å². The minimum atomic E-state index is -0.643. The number of carbonyl (C=O) groups is 2. The maximum absolute atomic E-state index is 11.4. The van der Waals surface area contributed by atoms with E-state index in [-0.39, 0.29) is 0 Å². The van der Waals surface area contributed by atoms with Crippen LogP contribution in [0.3, 0.4) is 0 Å². The molecule has 0 fully saturated rings. The number of rotatable bonds is 8. The van der Waals surface area contributed by atoms with Gasteiger partial charge in [-0.15, -0.1) is 0 Å². The molecule has 6 heteroatoms. The first kappa shape index (κ1) is 16.0. The van der Waals surface area contributed by atoms with Gasteiger partial charge in [0.25, 0.3) is 0 Å². The summed E-state index contributed by atoms with van der Waals surface area (Å²) in [5.74, 6) is -0.278. The number of ether oxygens (including phenoxy) is 1. The van der Waals surface area contributed by atoms with Crippen LogP contribution in [-0.2, 0) is 16.0 Å². The molecule has 110 valence electrons. The van der Waals surface area contributed by atoms with Crippen molar-refractivity contribution in [3.8, 4) is 5.75 Å². The lowest BCUT2D eigenvalue weighted by molar-refractivity contribution is -0.122. The Kier molecular flexibility index (Phi) is 5.99. The molecule has 1 aromatic rings. The van der Waals surface area contributed by atoms with Crippen molar-refractivity contribution in [2.75, 3.05) is 6.61 Å². The first-order chi connectivity index (χ1) is 9.43. The Labute approximate surface area is 118 Å². The minimum Gasteiger partial charge on any atom is -0.494 e. The van der Waals surface area contributed by atoms with Crippen LogP contribution in [-0.4, -0.2) is 30.5 Å². The fraction of sp³-hybridized carbons (Fsp3) is 0.429. The van der Waals surface area contributed by atoms with Crippen molar-refractivity contribution >= 4 is 11.8 Å². The molecule has 5 N–H and O–H groups in total. The normalized spacial score (nSPS) is 13.5. The van der Waals surface area contributed by atoms with Gasteiger partial charge in [-0.2, -0.15) is 0 Å². The third-order valence-corrected chi connectivity index (χ3v) is 2.90. The lowest BCUT2D eigenvalue weighted by Crippen LogP contribution is -2.51. The van der Waals surface area contributed by atoms with E-state index in [4.69, 9.17) is 16.2 Å². The number of amides is 2. The van der Waals surface area contributed by atoms with Gasteiger partial charge in [-0.1, -0.05) is 12.1 Å². The molecule has 1 unspecified atom stereocenters. The van der Waals surface area contributed by atoms with Crippen LogP contribution in [0.25, 0.3) is 0 Å². The van der Waals surface area contributed by atoms with Gasteiger partial charge < -0.3 is 16.2 Å². The molecule has 1 aromatic carbocycles. The van der Waals surface area contributed by atoms with E-state index in [0.717, 1.165) is 11.3 Å². The second-order valence-electron chi connectivity index (χ2n) is 4.53. The fourth-order valence-corrected chi connectivity index (χ4v) is 1.75. The van der Waals surface area contributed by atoms with Gasteiger partial charge in [-0.3, -0.25) is 14.9 Å². The third-order valence-electron chi connectivity index (χ3n) is 2.90. The van der Waals surface area contributed by atoms with E-state index in [1.807, 2.05) is 31.2 Å². The number of hydrogen-bond acceptors (Lipinski definition) is 4. The van der Waals surface area contributed by atoms with Crippen LogP contribution in [0, 0.1) is 0 Å². The Morgan fingerprint density at radius 3 is 2.25 bits per heavy atom. The number of nitrogens with one attached hydrogen (secondary N) is 1. The van der Waals surface area contributed by atoms with Crippen LogP contribution < -0.4 is 21.5 Å². The zero-order valence-electron chi connectivity index (χ0n) is 11.8. The smallest absolute Gasteiger partial charge is 0.234 e. The molecule has 0 aromatic heterocycles. The molecule has 0 radical (unpaired) electrons. The molecule has 0 aliphatic heterocycles. The van der Waals surface area contributed by atoms with Crippen molar-refractivity contribution in [1.29, 1.82) is 0 Å². The Morgan fingerprint density at radius 2 is 1.80 bits per heavy atom. The van der Waals surface area contributed by atoms with Crippen molar-refractivity contribution in [2.24, 2.45) is 11.5 Å². The number of benzene rings is 1. The van der Waals surface area contributed by atoms with E-state index >= 15 is 0 Å². The van der Waals surface area contributed by atoms with E-state index < -0.39 is 23.9 Å². The largest absolute Gasteiger partial charge is 0.494 e. The first-order valence-corrected chi connectivity index (χ1v) is 6.50. The van der Waals surface area contributed by atoms with E-state index in [1.165, 1.54) is 0 Å².